The summed E-state index contributed by atoms with van der Waals surface area (Å²) in [5.74, 6) is 3.02. The lowest BCUT2D eigenvalue weighted by molar-refractivity contribution is 0.547. The highest BCUT2D eigenvalue weighted by Gasteiger charge is 2.09. The summed E-state index contributed by atoms with van der Waals surface area (Å²) in [6.07, 6.45) is 37.9. The molecule has 0 aliphatic rings. The summed E-state index contributed by atoms with van der Waals surface area (Å²) < 4.78 is 0. The van der Waals surface area contributed by atoms with Crippen molar-refractivity contribution in [2.45, 2.75) is 168 Å². The average molecular weight is 442 g/mol. The largest absolute Gasteiger partial charge is 0.107 e. The maximum absolute atomic E-state index is 2.52. The molecule has 0 saturated carbocycles. The van der Waals surface area contributed by atoms with Crippen LogP contribution in [-0.2, 0) is 10.9 Å². The standard InChI is InChI=1S/C29H61S/c1-4-6-8-10-12-14-16-18-20-22-24-26-28-30(3)29-27-25-23-21-19-17-15-13-11-9-7-5-2/h4-29H2,1-3H3/q+1. The Labute approximate surface area is 196 Å². The second-order valence-electron chi connectivity index (χ2n) is 9.97. The lowest BCUT2D eigenvalue weighted by Crippen LogP contribution is -2.10. The quantitative estimate of drug-likeness (QED) is 0.0924. The minimum Gasteiger partial charge on any atom is -0.0654 e. The van der Waals surface area contributed by atoms with Gasteiger partial charge in [0.2, 0.25) is 0 Å². The highest BCUT2D eigenvalue weighted by Crippen LogP contribution is 2.14. The fourth-order valence-corrected chi connectivity index (χ4v) is 6.08. The molecule has 0 N–H and O–H groups in total. The Morgan fingerprint density at radius 3 is 0.733 bits per heavy atom. The van der Waals surface area contributed by atoms with Gasteiger partial charge in [-0.15, -0.1) is 0 Å². The van der Waals surface area contributed by atoms with E-state index in [1.165, 1.54) is 166 Å². The normalized spacial score (nSPS) is 11.6. The van der Waals surface area contributed by atoms with Crippen LogP contribution in [-0.4, -0.2) is 17.8 Å². The van der Waals surface area contributed by atoms with E-state index in [9.17, 15) is 0 Å². The molecule has 0 aromatic rings. The maximum atomic E-state index is 2.52. The minimum atomic E-state index is 0.701. The van der Waals surface area contributed by atoms with Gasteiger partial charge >= 0.3 is 0 Å². The van der Waals surface area contributed by atoms with E-state index < -0.39 is 0 Å². The maximum Gasteiger partial charge on any atom is 0.107 e. The first kappa shape index (κ1) is 30.4. The summed E-state index contributed by atoms with van der Waals surface area (Å²) in [6.45, 7) is 4.61. The molecule has 1 heteroatoms. The Balaban J connectivity index is 3.13. The molecule has 0 saturated heterocycles. The van der Waals surface area contributed by atoms with Crippen LogP contribution in [0.5, 0.6) is 0 Å². The van der Waals surface area contributed by atoms with Gasteiger partial charge in [0.05, 0.1) is 6.26 Å². The Hall–Kier alpha value is 0.350. The van der Waals surface area contributed by atoms with Crippen LogP contribution in [0.25, 0.3) is 0 Å². The Kier molecular flexibility index (Phi) is 27.7. The van der Waals surface area contributed by atoms with Crippen molar-refractivity contribution < 1.29 is 0 Å². The summed E-state index contributed by atoms with van der Waals surface area (Å²) in [5, 5.41) is 0. The molecule has 0 aromatic heterocycles. The van der Waals surface area contributed by atoms with Crippen molar-refractivity contribution >= 4 is 10.9 Å². The van der Waals surface area contributed by atoms with E-state index >= 15 is 0 Å². The van der Waals surface area contributed by atoms with Crippen LogP contribution in [0.15, 0.2) is 0 Å². The first-order valence-corrected chi connectivity index (χ1v) is 16.4. The van der Waals surface area contributed by atoms with Crippen molar-refractivity contribution in [1.82, 2.24) is 0 Å². The molecule has 0 aliphatic carbocycles. The van der Waals surface area contributed by atoms with E-state index in [2.05, 4.69) is 20.1 Å². The fraction of sp³-hybridized carbons (Fsp3) is 1.00. The molecular formula is C29H61S+. The topological polar surface area (TPSA) is 0 Å². The molecule has 0 rings (SSSR count). The lowest BCUT2D eigenvalue weighted by Gasteiger charge is -2.05. The van der Waals surface area contributed by atoms with Crippen molar-refractivity contribution in [2.24, 2.45) is 0 Å². The zero-order valence-corrected chi connectivity index (χ0v) is 22.6. The van der Waals surface area contributed by atoms with Crippen LogP contribution in [0, 0.1) is 0 Å². The Morgan fingerprint density at radius 1 is 0.300 bits per heavy atom. The summed E-state index contributed by atoms with van der Waals surface area (Å²) in [6, 6.07) is 0. The lowest BCUT2D eigenvalue weighted by atomic mass is 10.1. The van der Waals surface area contributed by atoms with Crippen LogP contribution >= 0.6 is 0 Å². The van der Waals surface area contributed by atoms with Gasteiger partial charge in [0.15, 0.2) is 0 Å². The molecule has 0 bridgehead atoms. The predicted octanol–water partition coefficient (Wildman–Crippen LogP) is 10.6. The van der Waals surface area contributed by atoms with E-state index in [-0.39, 0.29) is 0 Å². The zero-order chi connectivity index (χ0) is 22.0. The van der Waals surface area contributed by atoms with Gasteiger partial charge in [-0.25, -0.2) is 0 Å². The SMILES string of the molecule is CCCCCCCCCCCCCC[S+](C)CCCCCCCCCCCCCC. The highest BCUT2D eigenvalue weighted by molar-refractivity contribution is 7.96. The number of hydrogen-bond acceptors (Lipinski definition) is 0. The van der Waals surface area contributed by atoms with E-state index in [4.69, 9.17) is 0 Å². The third kappa shape index (κ3) is 26.4. The van der Waals surface area contributed by atoms with E-state index in [1.54, 1.807) is 0 Å². The number of unbranched alkanes of at least 4 members (excludes halogenated alkanes) is 22. The van der Waals surface area contributed by atoms with Gasteiger partial charge in [-0.05, 0) is 36.6 Å². The third-order valence-electron chi connectivity index (χ3n) is 6.69. The summed E-state index contributed by atoms with van der Waals surface area (Å²) in [5.41, 5.74) is 0. The minimum absolute atomic E-state index is 0.701. The number of hydrogen-bond donors (Lipinski definition) is 0. The molecule has 0 spiro atoms. The molecule has 0 radical (unpaired) electrons. The van der Waals surface area contributed by atoms with Gasteiger partial charge in [0, 0.05) is 0 Å². The zero-order valence-electron chi connectivity index (χ0n) is 21.8. The summed E-state index contributed by atoms with van der Waals surface area (Å²) in [4.78, 5) is 0. The van der Waals surface area contributed by atoms with Crippen molar-refractivity contribution in [2.75, 3.05) is 17.8 Å². The number of rotatable bonds is 26. The second-order valence-corrected chi connectivity index (χ2v) is 12.3. The molecular weight excluding hydrogens is 380 g/mol. The average Bonchev–Trinajstić information content (AvgIpc) is 2.75. The molecule has 0 nitrogen and oxygen atoms in total. The van der Waals surface area contributed by atoms with E-state index in [0.717, 1.165) is 0 Å². The Morgan fingerprint density at radius 2 is 0.500 bits per heavy atom. The van der Waals surface area contributed by atoms with Gasteiger partial charge in [-0.2, -0.15) is 0 Å². The molecule has 182 valence electrons. The van der Waals surface area contributed by atoms with Crippen LogP contribution < -0.4 is 0 Å². The molecule has 0 fully saturated rings. The van der Waals surface area contributed by atoms with Crippen molar-refractivity contribution in [3.8, 4) is 0 Å². The van der Waals surface area contributed by atoms with Crippen LogP contribution in [0.2, 0.25) is 0 Å². The smallest absolute Gasteiger partial charge is 0.0654 e. The van der Waals surface area contributed by atoms with Gasteiger partial charge in [-0.1, -0.05) is 142 Å². The van der Waals surface area contributed by atoms with Crippen molar-refractivity contribution in [3.05, 3.63) is 0 Å². The van der Waals surface area contributed by atoms with Crippen LogP contribution in [0.3, 0.4) is 0 Å². The van der Waals surface area contributed by atoms with Gasteiger partial charge in [0.25, 0.3) is 0 Å². The molecule has 0 atom stereocenters. The summed E-state index contributed by atoms with van der Waals surface area (Å²) in [7, 11) is 0.701. The highest BCUT2D eigenvalue weighted by atomic mass is 32.2. The van der Waals surface area contributed by atoms with E-state index in [1.807, 2.05) is 0 Å². The summed E-state index contributed by atoms with van der Waals surface area (Å²) >= 11 is 0. The fourth-order valence-electron chi connectivity index (χ4n) is 4.48. The first-order valence-electron chi connectivity index (χ1n) is 14.4. The third-order valence-corrected chi connectivity index (χ3v) is 8.66. The molecule has 0 aliphatic heterocycles. The first-order chi connectivity index (χ1) is 14.8. The van der Waals surface area contributed by atoms with Gasteiger partial charge in [-0.3, -0.25) is 0 Å². The Bertz CT molecular complexity index is 260. The van der Waals surface area contributed by atoms with Crippen molar-refractivity contribution in [3.63, 3.8) is 0 Å². The molecule has 0 unspecified atom stereocenters. The van der Waals surface area contributed by atoms with Gasteiger partial charge < -0.3 is 0 Å². The van der Waals surface area contributed by atoms with Gasteiger partial charge in [0.1, 0.15) is 11.5 Å². The monoisotopic (exact) mass is 441 g/mol. The molecule has 0 aromatic carbocycles. The van der Waals surface area contributed by atoms with E-state index in [0.29, 0.717) is 10.9 Å². The molecule has 0 amide bonds. The van der Waals surface area contributed by atoms with Crippen molar-refractivity contribution in [1.29, 1.82) is 0 Å². The predicted molar refractivity (Wildman–Crippen MR) is 145 cm³/mol. The van der Waals surface area contributed by atoms with Crippen LogP contribution in [0.1, 0.15) is 168 Å². The van der Waals surface area contributed by atoms with Crippen LogP contribution in [0.4, 0.5) is 0 Å². The molecule has 0 heterocycles. The molecule has 30 heavy (non-hydrogen) atoms. The second kappa shape index (κ2) is 27.4.